The van der Waals surface area contributed by atoms with Gasteiger partial charge >= 0.3 is 12.0 Å². The second kappa shape index (κ2) is 7.16. The van der Waals surface area contributed by atoms with E-state index in [0.717, 1.165) is 4.90 Å². The van der Waals surface area contributed by atoms with E-state index in [-0.39, 0.29) is 11.6 Å². The molecule has 1 aromatic rings. The first kappa shape index (κ1) is 15.5. The van der Waals surface area contributed by atoms with Gasteiger partial charge in [-0.15, -0.1) is 6.58 Å². The summed E-state index contributed by atoms with van der Waals surface area (Å²) >= 11 is 5.92. The van der Waals surface area contributed by atoms with Crippen LogP contribution in [0.25, 0.3) is 0 Å². The fraction of sp³-hybridized carbons (Fsp3) is 0.154. The molecule has 0 fully saturated rings. The topological polar surface area (TPSA) is 93.4 Å². The van der Waals surface area contributed by atoms with Gasteiger partial charge in [0.25, 0.3) is 0 Å². The average Bonchev–Trinajstić information content (AvgIpc) is 2.40. The van der Waals surface area contributed by atoms with Crippen LogP contribution in [0.1, 0.15) is 5.56 Å². The Morgan fingerprint density at radius 2 is 2.25 bits per heavy atom. The van der Waals surface area contributed by atoms with Gasteiger partial charge in [0.1, 0.15) is 6.54 Å². The van der Waals surface area contributed by atoms with Gasteiger partial charge in [0, 0.05) is 6.54 Å². The summed E-state index contributed by atoms with van der Waals surface area (Å²) < 4.78 is 0. The van der Waals surface area contributed by atoms with Crippen LogP contribution >= 0.6 is 11.6 Å². The quantitative estimate of drug-likeness (QED) is 0.815. The number of nitriles is 1. The van der Waals surface area contributed by atoms with E-state index in [2.05, 4.69) is 11.9 Å². The third-order valence-electron chi connectivity index (χ3n) is 2.30. The van der Waals surface area contributed by atoms with E-state index in [9.17, 15) is 9.59 Å². The Labute approximate surface area is 120 Å². The summed E-state index contributed by atoms with van der Waals surface area (Å²) in [5, 5.41) is 20.1. The average molecular weight is 294 g/mol. The van der Waals surface area contributed by atoms with Gasteiger partial charge in [0.05, 0.1) is 22.3 Å². The lowest BCUT2D eigenvalue weighted by Crippen LogP contribution is -2.38. The highest BCUT2D eigenvalue weighted by molar-refractivity contribution is 6.33. The Hall–Kier alpha value is -2.52. The number of rotatable bonds is 5. The second-order valence-corrected chi connectivity index (χ2v) is 4.21. The molecule has 0 saturated heterocycles. The zero-order valence-electron chi connectivity index (χ0n) is 10.5. The summed E-state index contributed by atoms with van der Waals surface area (Å²) in [4.78, 5) is 23.7. The van der Waals surface area contributed by atoms with Crippen LogP contribution in [0.3, 0.4) is 0 Å². The maximum Gasteiger partial charge on any atom is 0.323 e. The van der Waals surface area contributed by atoms with Gasteiger partial charge in [-0.3, -0.25) is 4.79 Å². The van der Waals surface area contributed by atoms with Gasteiger partial charge < -0.3 is 15.3 Å². The number of carboxylic acids is 1. The molecule has 1 rings (SSSR count). The number of carbonyl (C=O) groups is 2. The van der Waals surface area contributed by atoms with Crippen LogP contribution in [0.5, 0.6) is 0 Å². The number of nitrogens with one attached hydrogen (secondary N) is 1. The monoisotopic (exact) mass is 293 g/mol. The van der Waals surface area contributed by atoms with Crippen molar-refractivity contribution >= 4 is 29.3 Å². The lowest BCUT2D eigenvalue weighted by atomic mass is 10.2. The molecule has 7 heteroatoms. The molecule has 0 atom stereocenters. The van der Waals surface area contributed by atoms with Gasteiger partial charge in [0.15, 0.2) is 0 Å². The molecule has 0 saturated carbocycles. The molecule has 0 aliphatic carbocycles. The lowest BCUT2D eigenvalue weighted by Gasteiger charge is -2.19. The number of amides is 2. The summed E-state index contributed by atoms with van der Waals surface area (Å²) in [6.07, 6.45) is 1.42. The molecular weight excluding hydrogens is 282 g/mol. The van der Waals surface area contributed by atoms with Gasteiger partial charge in [-0.2, -0.15) is 5.26 Å². The number of anilines is 1. The third kappa shape index (κ3) is 4.30. The van der Waals surface area contributed by atoms with Gasteiger partial charge in [-0.1, -0.05) is 17.7 Å². The molecule has 0 spiro atoms. The van der Waals surface area contributed by atoms with Crippen LogP contribution in [-0.2, 0) is 4.79 Å². The molecule has 0 heterocycles. The van der Waals surface area contributed by atoms with Crippen molar-refractivity contribution in [2.45, 2.75) is 0 Å². The van der Waals surface area contributed by atoms with Crippen molar-refractivity contribution < 1.29 is 14.7 Å². The number of benzene rings is 1. The van der Waals surface area contributed by atoms with Crippen LogP contribution in [0.15, 0.2) is 30.9 Å². The number of carbonyl (C=O) groups excluding carboxylic acids is 1. The minimum Gasteiger partial charge on any atom is -0.480 e. The van der Waals surface area contributed by atoms with Crippen molar-refractivity contribution in [1.29, 1.82) is 5.26 Å². The molecule has 104 valence electrons. The smallest absolute Gasteiger partial charge is 0.323 e. The molecule has 0 aromatic heterocycles. The van der Waals surface area contributed by atoms with Gasteiger partial charge in [-0.05, 0) is 18.2 Å². The maximum absolute atomic E-state index is 11.9. The Morgan fingerprint density at radius 3 is 2.75 bits per heavy atom. The first-order valence-corrected chi connectivity index (χ1v) is 5.94. The number of urea groups is 1. The predicted molar refractivity (Wildman–Crippen MR) is 74.6 cm³/mol. The van der Waals surface area contributed by atoms with Gasteiger partial charge in [0.2, 0.25) is 0 Å². The third-order valence-corrected chi connectivity index (χ3v) is 2.62. The molecule has 0 radical (unpaired) electrons. The normalized spacial score (nSPS) is 9.40. The van der Waals surface area contributed by atoms with Crippen molar-refractivity contribution in [2.24, 2.45) is 0 Å². The first-order valence-electron chi connectivity index (χ1n) is 5.56. The van der Waals surface area contributed by atoms with E-state index in [0.29, 0.717) is 11.3 Å². The summed E-state index contributed by atoms with van der Waals surface area (Å²) in [6, 6.07) is 5.69. The van der Waals surface area contributed by atoms with Gasteiger partial charge in [-0.25, -0.2) is 4.79 Å². The molecule has 0 unspecified atom stereocenters. The summed E-state index contributed by atoms with van der Waals surface area (Å²) in [5.41, 5.74) is 0.664. The number of hydrogen-bond acceptors (Lipinski definition) is 3. The number of aliphatic carboxylic acids is 1. The molecule has 20 heavy (non-hydrogen) atoms. The van der Waals surface area contributed by atoms with Crippen molar-refractivity contribution in [2.75, 3.05) is 18.4 Å². The van der Waals surface area contributed by atoms with E-state index in [1.165, 1.54) is 24.3 Å². The first-order chi connectivity index (χ1) is 9.47. The number of carboxylic acid groups (broad SMARTS) is 1. The fourth-order valence-corrected chi connectivity index (χ4v) is 1.65. The fourth-order valence-electron chi connectivity index (χ4n) is 1.42. The van der Waals surface area contributed by atoms with E-state index in [1.54, 1.807) is 0 Å². The molecule has 2 N–H and O–H groups in total. The highest BCUT2D eigenvalue weighted by atomic mass is 35.5. The number of nitrogens with zero attached hydrogens (tertiary/aromatic N) is 2. The zero-order chi connectivity index (χ0) is 15.1. The van der Waals surface area contributed by atoms with E-state index in [1.807, 2.05) is 6.07 Å². The molecule has 0 aliphatic heterocycles. The van der Waals surface area contributed by atoms with Crippen molar-refractivity contribution in [3.05, 3.63) is 41.4 Å². The van der Waals surface area contributed by atoms with Crippen LogP contribution < -0.4 is 5.32 Å². The van der Waals surface area contributed by atoms with Crippen molar-refractivity contribution in [3.8, 4) is 6.07 Å². The van der Waals surface area contributed by atoms with Crippen molar-refractivity contribution in [3.63, 3.8) is 0 Å². The lowest BCUT2D eigenvalue weighted by molar-refractivity contribution is -0.137. The van der Waals surface area contributed by atoms with E-state index < -0.39 is 18.5 Å². The Morgan fingerprint density at radius 1 is 1.55 bits per heavy atom. The largest absolute Gasteiger partial charge is 0.480 e. The molecule has 6 nitrogen and oxygen atoms in total. The Balaban J connectivity index is 2.85. The molecule has 2 amide bonds. The van der Waals surface area contributed by atoms with Crippen LogP contribution in [0.2, 0.25) is 5.02 Å². The zero-order valence-corrected chi connectivity index (χ0v) is 11.2. The Kier molecular flexibility index (Phi) is 5.56. The summed E-state index contributed by atoms with van der Waals surface area (Å²) in [5.74, 6) is -1.13. The van der Waals surface area contributed by atoms with Crippen LogP contribution in [0, 0.1) is 11.3 Å². The molecule has 1 aromatic carbocycles. The number of hydrogen-bond donors (Lipinski definition) is 2. The molecular formula is C13H12ClN3O3. The maximum atomic E-state index is 11.9. The van der Waals surface area contributed by atoms with E-state index >= 15 is 0 Å². The van der Waals surface area contributed by atoms with Crippen LogP contribution in [0.4, 0.5) is 10.5 Å². The number of halogens is 1. The predicted octanol–water partition coefficient (Wildman–Crippen LogP) is 2.32. The minimum absolute atomic E-state index is 0.0893. The minimum atomic E-state index is -1.13. The highest BCUT2D eigenvalue weighted by Gasteiger charge is 2.16. The van der Waals surface area contributed by atoms with Crippen molar-refractivity contribution in [1.82, 2.24) is 4.90 Å². The standard InChI is InChI=1S/C13H12ClN3O3/c1-2-5-17(8-12(18)19)13(20)16-11-4-3-9(7-15)6-10(11)14/h2-4,6H,1,5,8H2,(H,16,20)(H,18,19). The second-order valence-electron chi connectivity index (χ2n) is 3.80. The Bertz CT molecular complexity index is 581. The SMILES string of the molecule is C=CCN(CC(=O)O)C(=O)Nc1ccc(C#N)cc1Cl. The summed E-state index contributed by atoms with van der Waals surface area (Å²) in [7, 11) is 0. The van der Waals surface area contributed by atoms with E-state index in [4.69, 9.17) is 22.0 Å². The molecule has 0 bridgehead atoms. The summed E-state index contributed by atoms with van der Waals surface area (Å²) in [6.45, 7) is 3.10. The highest BCUT2D eigenvalue weighted by Crippen LogP contribution is 2.23. The molecule has 0 aliphatic rings. The van der Waals surface area contributed by atoms with Crippen LogP contribution in [-0.4, -0.2) is 35.1 Å².